The molecule has 0 bridgehead atoms. The van der Waals surface area contributed by atoms with Crippen molar-refractivity contribution in [3.63, 3.8) is 0 Å². The molecule has 1 aliphatic rings. The monoisotopic (exact) mass is 391 g/mol. The molecule has 0 atom stereocenters. The van der Waals surface area contributed by atoms with Gasteiger partial charge in [0.2, 0.25) is 5.75 Å². The van der Waals surface area contributed by atoms with Crippen molar-refractivity contribution in [3.8, 4) is 28.6 Å². The van der Waals surface area contributed by atoms with E-state index in [-0.39, 0.29) is 0 Å². The van der Waals surface area contributed by atoms with Crippen molar-refractivity contribution in [2.24, 2.45) is 0 Å². The van der Waals surface area contributed by atoms with Gasteiger partial charge >= 0.3 is 0 Å². The minimum Gasteiger partial charge on any atom is -0.493 e. The van der Waals surface area contributed by atoms with Gasteiger partial charge < -0.3 is 14.2 Å². The number of nitrogens with zero attached hydrogens (tertiary/aromatic N) is 3. The molecule has 3 aromatic rings. The van der Waals surface area contributed by atoms with Gasteiger partial charge in [0.25, 0.3) is 0 Å². The normalized spacial score (nSPS) is 13.6. The number of rotatable bonds is 6. The highest BCUT2D eigenvalue weighted by Crippen LogP contribution is 2.40. The van der Waals surface area contributed by atoms with Crippen LogP contribution >= 0.6 is 0 Å². The van der Waals surface area contributed by atoms with E-state index in [0.29, 0.717) is 17.2 Å². The van der Waals surface area contributed by atoms with Crippen LogP contribution in [0.1, 0.15) is 16.8 Å². The van der Waals surface area contributed by atoms with Crippen LogP contribution in [0.4, 0.5) is 0 Å². The largest absolute Gasteiger partial charge is 0.493 e. The number of methoxy groups -OCH3 is 3. The summed E-state index contributed by atoms with van der Waals surface area (Å²) in [4.78, 5) is 11.8. The summed E-state index contributed by atoms with van der Waals surface area (Å²) in [6, 6.07) is 14.1. The van der Waals surface area contributed by atoms with Gasteiger partial charge in [0.1, 0.15) is 0 Å². The Morgan fingerprint density at radius 2 is 1.72 bits per heavy atom. The van der Waals surface area contributed by atoms with Gasteiger partial charge in [0.15, 0.2) is 17.3 Å². The second-order valence-electron chi connectivity index (χ2n) is 6.99. The first-order valence-corrected chi connectivity index (χ1v) is 9.64. The smallest absolute Gasteiger partial charge is 0.203 e. The van der Waals surface area contributed by atoms with Crippen molar-refractivity contribution < 1.29 is 14.2 Å². The molecule has 1 aliphatic heterocycles. The van der Waals surface area contributed by atoms with Crippen molar-refractivity contribution >= 4 is 0 Å². The van der Waals surface area contributed by atoms with Gasteiger partial charge in [0, 0.05) is 48.9 Å². The number of hydrogen-bond acceptors (Lipinski definition) is 6. The van der Waals surface area contributed by atoms with Crippen molar-refractivity contribution in [1.82, 2.24) is 14.9 Å². The molecule has 6 heteroatoms. The number of fused-ring (bicyclic) bond motifs is 1. The van der Waals surface area contributed by atoms with Crippen molar-refractivity contribution in [3.05, 3.63) is 65.5 Å². The van der Waals surface area contributed by atoms with E-state index in [2.05, 4.69) is 9.88 Å². The molecular formula is C23H25N3O3. The predicted molar refractivity (Wildman–Crippen MR) is 111 cm³/mol. The fourth-order valence-electron chi connectivity index (χ4n) is 3.76. The molecule has 0 aliphatic carbocycles. The van der Waals surface area contributed by atoms with E-state index < -0.39 is 0 Å². The van der Waals surface area contributed by atoms with Crippen LogP contribution in [0.15, 0.2) is 48.7 Å². The van der Waals surface area contributed by atoms with Crippen molar-refractivity contribution in [2.75, 3.05) is 27.9 Å². The molecule has 1 aromatic heterocycles. The lowest BCUT2D eigenvalue weighted by Crippen LogP contribution is -2.31. The van der Waals surface area contributed by atoms with Crippen LogP contribution in [0.3, 0.4) is 0 Å². The molecule has 0 radical (unpaired) electrons. The summed E-state index contributed by atoms with van der Waals surface area (Å²) in [5.41, 5.74) is 4.42. The van der Waals surface area contributed by atoms with Crippen LogP contribution in [0, 0.1) is 0 Å². The summed E-state index contributed by atoms with van der Waals surface area (Å²) in [5.74, 6) is 2.80. The SMILES string of the molecule is COc1ccc(CN2CCc3nc(-c4ccccc4)ncc3C2)c(OC)c1OC. The predicted octanol–water partition coefficient (Wildman–Crippen LogP) is 3.73. The Kier molecular flexibility index (Phi) is 5.62. The summed E-state index contributed by atoms with van der Waals surface area (Å²) in [5, 5.41) is 0. The Morgan fingerprint density at radius 1 is 0.931 bits per heavy atom. The second-order valence-corrected chi connectivity index (χ2v) is 6.99. The topological polar surface area (TPSA) is 56.7 Å². The third-order valence-corrected chi connectivity index (χ3v) is 5.22. The van der Waals surface area contributed by atoms with E-state index in [9.17, 15) is 0 Å². The highest BCUT2D eigenvalue weighted by molar-refractivity contribution is 5.56. The lowest BCUT2D eigenvalue weighted by atomic mass is 10.0. The number of aromatic nitrogens is 2. The summed E-state index contributed by atoms with van der Waals surface area (Å²) in [7, 11) is 4.91. The molecule has 150 valence electrons. The second kappa shape index (κ2) is 8.49. The lowest BCUT2D eigenvalue weighted by molar-refractivity contribution is 0.237. The fourth-order valence-corrected chi connectivity index (χ4v) is 3.76. The minimum absolute atomic E-state index is 0.626. The van der Waals surface area contributed by atoms with Crippen LogP contribution in [-0.4, -0.2) is 42.7 Å². The van der Waals surface area contributed by atoms with E-state index in [1.807, 2.05) is 48.7 Å². The Labute approximate surface area is 171 Å². The molecule has 2 heterocycles. The molecule has 4 rings (SSSR count). The zero-order chi connectivity index (χ0) is 20.2. The molecule has 6 nitrogen and oxygen atoms in total. The Bertz CT molecular complexity index is 992. The first-order chi connectivity index (χ1) is 14.2. The number of hydrogen-bond donors (Lipinski definition) is 0. The van der Waals surface area contributed by atoms with Gasteiger partial charge in [0.05, 0.1) is 27.0 Å². The van der Waals surface area contributed by atoms with Crippen LogP contribution in [0.5, 0.6) is 17.2 Å². The van der Waals surface area contributed by atoms with Gasteiger partial charge in [-0.05, 0) is 6.07 Å². The van der Waals surface area contributed by atoms with E-state index in [1.54, 1.807) is 21.3 Å². The van der Waals surface area contributed by atoms with E-state index in [0.717, 1.165) is 48.7 Å². The van der Waals surface area contributed by atoms with E-state index in [4.69, 9.17) is 19.2 Å². The first-order valence-electron chi connectivity index (χ1n) is 9.64. The third kappa shape index (κ3) is 3.89. The quantitative estimate of drug-likeness (QED) is 0.638. The van der Waals surface area contributed by atoms with Gasteiger partial charge in [-0.15, -0.1) is 0 Å². The fraction of sp³-hybridized carbons (Fsp3) is 0.304. The standard InChI is InChI=1S/C23H25N3O3/c1-27-20-10-9-17(21(28-2)22(20)29-3)14-26-12-11-19-18(15-26)13-24-23(25-19)16-7-5-4-6-8-16/h4-10,13H,11-12,14-15H2,1-3H3. The molecule has 0 fully saturated rings. The van der Waals surface area contributed by atoms with Crippen LogP contribution < -0.4 is 14.2 Å². The maximum atomic E-state index is 5.63. The maximum absolute atomic E-state index is 5.63. The Balaban J connectivity index is 1.54. The molecule has 0 spiro atoms. The molecule has 0 saturated carbocycles. The average Bonchev–Trinajstić information content (AvgIpc) is 2.78. The number of benzene rings is 2. The highest BCUT2D eigenvalue weighted by atomic mass is 16.5. The van der Waals surface area contributed by atoms with Crippen molar-refractivity contribution in [1.29, 1.82) is 0 Å². The summed E-state index contributed by atoms with van der Waals surface area (Å²) in [6.45, 7) is 2.49. The molecule has 0 amide bonds. The zero-order valence-corrected chi connectivity index (χ0v) is 17.0. The summed E-state index contributed by atoms with van der Waals surface area (Å²) < 4.78 is 16.5. The third-order valence-electron chi connectivity index (χ3n) is 5.22. The average molecular weight is 391 g/mol. The molecule has 0 N–H and O–H groups in total. The lowest BCUT2D eigenvalue weighted by Gasteiger charge is -2.29. The van der Waals surface area contributed by atoms with Gasteiger partial charge in [-0.1, -0.05) is 36.4 Å². The van der Waals surface area contributed by atoms with Gasteiger partial charge in [-0.2, -0.15) is 0 Å². The molecule has 0 unspecified atom stereocenters. The van der Waals surface area contributed by atoms with Crippen LogP contribution in [-0.2, 0) is 19.5 Å². The van der Waals surface area contributed by atoms with Gasteiger partial charge in [-0.25, -0.2) is 9.97 Å². The highest BCUT2D eigenvalue weighted by Gasteiger charge is 2.22. The molecule has 29 heavy (non-hydrogen) atoms. The molecule has 0 saturated heterocycles. The minimum atomic E-state index is 0.626. The van der Waals surface area contributed by atoms with Gasteiger partial charge in [-0.3, -0.25) is 4.90 Å². The number of ether oxygens (including phenoxy) is 3. The van der Waals surface area contributed by atoms with Crippen LogP contribution in [0.2, 0.25) is 0 Å². The maximum Gasteiger partial charge on any atom is 0.203 e. The first kappa shape index (κ1) is 19.2. The van der Waals surface area contributed by atoms with Crippen LogP contribution in [0.25, 0.3) is 11.4 Å². The molecular weight excluding hydrogens is 366 g/mol. The molecule has 2 aromatic carbocycles. The summed E-state index contributed by atoms with van der Waals surface area (Å²) >= 11 is 0. The Morgan fingerprint density at radius 3 is 2.45 bits per heavy atom. The summed E-state index contributed by atoms with van der Waals surface area (Å²) in [6.07, 6.45) is 2.86. The van der Waals surface area contributed by atoms with Crippen molar-refractivity contribution in [2.45, 2.75) is 19.5 Å². The van der Waals surface area contributed by atoms with E-state index in [1.165, 1.54) is 5.56 Å². The zero-order valence-electron chi connectivity index (χ0n) is 17.0. The van der Waals surface area contributed by atoms with E-state index >= 15 is 0 Å². The Hall–Kier alpha value is -3.12.